The molecule has 0 spiro atoms. The molecular formula is C11H15BrN6O2. The van der Waals surface area contributed by atoms with Crippen LogP contribution in [0.5, 0.6) is 0 Å². The molecule has 0 atom stereocenters. The van der Waals surface area contributed by atoms with Crippen LogP contribution >= 0.6 is 15.9 Å². The molecule has 0 aliphatic carbocycles. The van der Waals surface area contributed by atoms with E-state index in [0.717, 1.165) is 13.0 Å². The van der Waals surface area contributed by atoms with E-state index in [2.05, 4.69) is 36.7 Å². The molecule has 2 heterocycles. The molecule has 20 heavy (non-hydrogen) atoms. The van der Waals surface area contributed by atoms with E-state index in [1.54, 1.807) is 23.3 Å². The highest BCUT2D eigenvalue weighted by atomic mass is 79.9. The second-order valence-corrected chi connectivity index (χ2v) is 4.86. The smallest absolute Gasteiger partial charge is 0.283 e. The average Bonchev–Trinajstić information content (AvgIpc) is 2.95. The molecule has 0 aliphatic heterocycles. The number of aliphatic hydroxyl groups excluding tert-OH is 1. The summed E-state index contributed by atoms with van der Waals surface area (Å²) in [4.78, 5) is 11.9. The van der Waals surface area contributed by atoms with Gasteiger partial charge in [0.1, 0.15) is 4.47 Å². The first-order valence-electron chi connectivity index (χ1n) is 6.17. The van der Waals surface area contributed by atoms with Gasteiger partial charge in [0, 0.05) is 19.3 Å². The van der Waals surface area contributed by atoms with Gasteiger partial charge in [-0.25, -0.2) is 4.68 Å². The molecule has 108 valence electrons. The third kappa shape index (κ3) is 3.64. The maximum atomic E-state index is 11.9. The number of nitrogens with one attached hydrogen (secondary N) is 1. The summed E-state index contributed by atoms with van der Waals surface area (Å²) < 4.78 is 3.38. The number of aliphatic hydroxyl groups is 1. The van der Waals surface area contributed by atoms with Crippen molar-refractivity contribution in [1.29, 1.82) is 0 Å². The zero-order chi connectivity index (χ0) is 14.4. The zero-order valence-electron chi connectivity index (χ0n) is 10.7. The van der Waals surface area contributed by atoms with Gasteiger partial charge in [-0.1, -0.05) is 5.21 Å². The number of anilines is 1. The minimum atomic E-state index is -0.264. The van der Waals surface area contributed by atoms with Crippen molar-refractivity contribution in [1.82, 2.24) is 24.8 Å². The summed E-state index contributed by atoms with van der Waals surface area (Å²) in [5.74, 6) is 0. The maximum Gasteiger partial charge on any atom is 0.283 e. The summed E-state index contributed by atoms with van der Waals surface area (Å²) in [6, 6.07) is 0. The minimum Gasteiger partial charge on any atom is -0.394 e. The third-order valence-corrected chi connectivity index (χ3v) is 3.41. The van der Waals surface area contributed by atoms with Crippen LogP contribution in [-0.2, 0) is 13.1 Å². The van der Waals surface area contributed by atoms with Crippen molar-refractivity contribution in [2.24, 2.45) is 0 Å². The summed E-state index contributed by atoms with van der Waals surface area (Å²) in [5, 5.41) is 23.5. The fourth-order valence-corrected chi connectivity index (χ4v) is 2.11. The molecule has 8 nitrogen and oxygen atoms in total. The van der Waals surface area contributed by atoms with E-state index in [9.17, 15) is 4.79 Å². The molecule has 2 N–H and O–H groups in total. The molecule has 0 bridgehead atoms. The van der Waals surface area contributed by atoms with Gasteiger partial charge in [-0.3, -0.25) is 9.48 Å². The second kappa shape index (κ2) is 7.15. The number of nitrogens with zero attached hydrogens (tertiary/aromatic N) is 5. The van der Waals surface area contributed by atoms with Crippen molar-refractivity contribution in [3.63, 3.8) is 0 Å². The molecule has 0 unspecified atom stereocenters. The molecule has 0 amide bonds. The van der Waals surface area contributed by atoms with E-state index >= 15 is 0 Å². The first-order valence-corrected chi connectivity index (χ1v) is 6.96. The fraction of sp³-hybridized carbons (Fsp3) is 0.455. The normalized spacial score (nSPS) is 10.7. The van der Waals surface area contributed by atoms with Crippen molar-refractivity contribution < 1.29 is 5.11 Å². The largest absolute Gasteiger partial charge is 0.394 e. The van der Waals surface area contributed by atoms with E-state index in [1.807, 2.05) is 0 Å². The first-order chi connectivity index (χ1) is 9.72. The second-order valence-electron chi connectivity index (χ2n) is 4.07. The summed E-state index contributed by atoms with van der Waals surface area (Å²) in [6.45, 7) is 1.50. The third-order valence-electron chi connectivity index (χ3n) is 2.65. The van der Waals surface area contributed by atoms with Crippen LogP contribution in [0.4, 0.5) is 5.69 Å². The Kier molecular flexibility index (Phi) is 5.24. The Morgan fingerprint density at radius 1 is 1.40 bits per heavy atom. The molecule has 2 aromatic heterocycles. The molecule has 2 aromatic rings. The van der Waals surface area contributed by atoms with Crippen molar-refractivity contribution in [3.05, 3.63) is 33.4 Å². The molecule has 9 heteroatoms. The van der Waals surface area contributed by atoms with Crippen LogP contribution in [0.15, 0.2) is 27.9 Å². The van der Waals surface area contributed by atoms with E-state index < -0.39 is 0 Å². The van der Waals surface area contributed by atoms with Crippen molar-refractivity contribution in [2.45, 2.75) is 19.5 Å². The van der Waals surface area contributed by atoms with E-state index in [0.29, 0.717) is 16.7 Å². The van der Waals surface area contributed by atoms with Gasteiger partial charge in [-0.05, 0) is 22.4 Å². The van der Waals surface area contributed by atoms with Crippen LogP contribution in [-0.4, -0.2) is 43.0 Å². The van der Waals surface area contributed by atoms with Crippen LogP contribution in [0.3, 0.4) is 0 Å². The number of rotatable bonds is 7. The number of hydrogen-bond donors (Lipinski definition) is 2. The number of aromatic nitrogens is 5. The molecule has 0 saturated heterocycles. The van der Waals surface area contributed by atoms with Gasteiger partial charge in [-0.2, -0.15) is 5.10 Å². The lowest BCUT2D eigenvalue weighted by atomic mass is 10.4. The van der Waals surface area contributed by atoms with Gasteiger partial charge in [0.05, 0.1) is 31.2 Å². The molecule has 0 aliphatic rings. The summed E-state index contributed by atoms with van der Waals surface area (Å²) in [5.41, 5.74) is 0.378. The van der Waals surface area contributed by atoms with Gasteiger partial charge in [-0.15, -0.1) is 5.10 Å². The quantitative estimate of drug-likeness (QED) is 0.692. The standard InChI is InChI=1S/C11H15BrN6O2/c12-10-9(8-15-18(6-7-19)11(10)20)13-2-1-4-17-5-3-14-16-17/h3,5,8,13,19H,1-2,4,6-7H2. The van der Waals surface area contributed by atoms with E-state index in [-0.39, 0.29) is 18.7 Å². The van der Waals surface area contributed by atoms with Crippen LogP contribution in [0.25, 0.3) is 0 Å². The van der Waals surface area contributed by atoms with Crippen LogP contribution in [0, 0.1) is 0 Å². The molecule has 2 rings (SSSR count). The summed E-state index contributed by atoms with van der Waals surface area (Å²) in [6.07, 6.45) is 5.84. The Bertz CT molecular complexity index is 597. The van der Waals surface area contributed by atoms with Gasteiger partial charge in [0.15, 0.2) is 0 Å². The first kappa shape index (κ1) is 14.7. The predicted octanol–water partition coefficient (Wildman–Crippen LogP) is 0.0918. The summed E-state index contributed by atoms with van der Waals surface area (Å²) >= 11 is 3.25. The monoisotopic (exact) mass is 342 g/mol. The Balaban J connectivity index is 1.89. The topological polar surface area (TPSA) is 97.9 Å². The lowest BCUT2D eigenvalue weighted by Gasteiger charge is -2.09. The minimum absolute atomic E-state index is 0.121. The van der Waals surface area contributed by atoms with Crippen molar-refractivity contribution in [3.8, 4) is 0 Å². The SMILES string of the molecule is O=c1c(Br)c(NCCCn2ccnn2)cnn1CCO. The van der Waals surface area contributed by atoms with Gasteiger partial charge in [0.25, 0.3) is 5.56 Å². The lowest BCUT2D eigenvalue weighted by Crippen LogP contribution is -2.26. The lowest BCUT2D eigenvalue weighted by molar-refractivity contribution is 0.266. The van der Waals surface area contributed by atoms with Gasteiger partial charge >= 0.3 is 0 Å². The predicted molar refractivity (Wildman–Crippen MR) is 76.4 cm³/mol. The number of aryl methyl sites for hydroxylation is 1. The average molecular weight is 343 g/mol. The van der Waals surface area contributed by atoms with Gasteiger partial charge in [0.2, 0.25) is 0 Å². The zero-order valence-corrected chi connectivity index (χ0v) is 12.3. The van der Waals surface area contributed by atoms with E-state index in [4.69, 9.17) is 5.11 Å². The van der Waals surface area contributed by atoms with Crippen LogP contribution in [0.1, 0.15) is 6.42 Å². The Morgan fingerprint density at radius 3 is 2.95 bits per heavy atom. The summed E-state index contributed by atoms with van der Waals surface area (Å²) in [7, 11) is 0. The molecule has 0 saturated carbocycles. The Labute approximate surface area is 123 Å². The number of halogens is 1. The highest BCUT2D eigenvalue weighted by molar-refractivity contribution is 9.10. The fourth-order valence-electron chi connectivity index (χ4n) is 1.66. The molecule has 0 fully saturated rings. The molecule has 0 radical (unpaired) electrons. The Hall–Kier alpha value is -1.74. The molecular weight excluding hydrogens is 328 g/mol. The highest BCUT2D eigenvalue weighted by Gasteiger charge is 2.07. The van der Waals surface area contributed by atoms with Gasteiger partial charge < -0.3 is 10.4 Å². The van der Waals surface area contributed by atoms with Crippen molar-refractivity contribution in [2.75, 3.05) is 18.5 Å². The molecule has 0 aromatic carbocycles. The van der Waals surface area contributed by atoms with E-state index in [1.165, 1.54) is 4.68 Å². The van der Waals surface area contributed by atoms with Crippen molar-refractivity contribution >= 4 is 21.6 Å². The highest BCUT2D eigenvalue weighted by Crippen LogP contribution is 2.15. The van der Waals surface area contributed by atoms with Crippen LogP contribution in [0.2, 0.25) is 0 Å². The Morgan fingerprint density at radius 2 is 2.25 bits per heavy atom. The maximum absolute atomic E-state index is 11.9. The van der Waals surface area contributed by atoms with Crippen LogP contribution < -0.4 is 10.9 Å². The number of hydrogen-bond acceptors (Lipinski definition) is 6.